The van der Waals surface area contributed by atoms with E-state index in [2.05, 4.69) is 4.37 Å². The molecule has 10 heteroatoms. The third-order valence-corrected chi connectivity index (χ3v) is 5.79. The summed E-state index contributed by atoms with van der Waals surface area (Å²) in [5.74, 6) is -0.284. The summed E-state index contributed by atoms with van der Waals surface area (Å²) in [6.45, 7) is 1.74. The largest absolute Gasteiger partial charge is 0.416 e. The summed E-state index contributed by atoms with van der Waals surface area (Å²) < 4.78 is 47.7. The number of nitrogens with zero attached hydrogens (tertiary/aromatic N) is 2. The van der Waals surface area contributed by atoms with Gasteiger partial charge in [-0.1, -0.05) is 35.3 Å². The Morgan fingerprint density at radius 2 is 1.81 bits per heavy atom. The fourth-order valence-corrected chi connectivity index (χ4v) is 3.81. The zero-order valence-electron chi connectivity index (χ0n) is 13.7. The zero-order valence-corrected chi connectivity index (χ0v) is 16.1. The van der Waals surface area contributed by atoms with E-state index in [1.807, 2.05) is 0 Å². The average Bonchev–Trinajstić information content (AvgIpc) is 2.98. The molecule has 0 aliphatic carbocycles. The summed E-state index contributed by atoms with van der Waals surface area (Å²) in [5.41, 5.74) is -0.0000165. The highest BCUT2D eigenvalue weighted by atomic mass is 35.5. The van der Waals surface area contributed by atoms with Gasteiger partial charge in [-0.05, 0) is 29.2 Å². The SMILES string of the molecule is O=C(/C=C(/c1ccc(C(F)(F)F)cc1)c1snc(Cl)c1Cl)N1CCOCC1. The highest BCUT2D eigenvalue weighted by molar-refractivity contribution is 7.08. The third-order valence-electron chi connectivity index (χ3n) is 3.96. The first kappa shape index (κ1) is 20.1. The second-order valence-electron chi connectivity index (χ2n) is 5.69. The number of alkyl halides is 3. The Morgan fingerprint density at radius 1 is 1.19 bits per heavy atom. The summed E-state index contributed by atoms with van der Waals surface area (Å²) in [5, 5.41) is 0.232. The molecule has 0 bridgehead atoms. The van der Waals surface area contributed by atoms with Gasteiger partial charge in [-0.2, -0.15) is 17.5 Å². The molecule has 1 aromatic heterocycles. The van der Waals surface area contributed by atoms with Crippen LogP contribution in [0, 0.1) is 0 Å². The zero-order chi connectivity index (χ0) is 19.6. The normalized spacial score (nSPS) is 15.9. The van der Waals surface area contributed by atoms with Crippen LogP contribution in [0.25, 0.3) is 5.57 Å². The summed E-state index contributed by atoms with van der Waals surface area (Å²) in [7, 11) is 0. The Kier molecular flexibility index (Phi) is 6.10. The Labute approximate surface area is 167 Å². The van der Waals surface area contributed by atoms with Crippen LogP contribution in [-0.2, 0) is 15.7 Å². The summed E-state index contributed by atoms with van der Waals surface area (Å²) in [6, 6.07) is 4.51. The molecular formula is C17H13Cl2F3N2O2S. The van der Waals surface area contributed by atoms with Crippen molar-refractivity contribution in [3.8, 4) is 0 Å². The molecule has 144 valence electrons. The van der Waals surface area contributed by atoms with Crippen molar-refractivity contribution in [2.24, 2.45) is 0 Å². The Morgan fingerprint density at radius 3 is 2.33 bits per heavy atom. The molecule has 0 unspecified atom stereocenters. The van der Waals surface area contributed by atoms with Gasteiger partial charge < -0.3 is 9.64 Å². The molecular weight excluding hydrogens is 424 g/mol. The van der Waals surface area contributed by atoms with E-state index in [0.29, 0.717) is 42.3 Å². The van der Waals surface area contributed by atoms with Crippen molar-refractivity contribution in [3.63, 3.8) is 0 Å². The van der Waals surface area contributed by atoms with Crippen molar-refractivity contribution in [1.82, 2.24) is 9.27 Å². The van der Waals surface area contributed by atoms with Crippen molar-refractivity contribution in [2.45, 2.75) is 6.18 Å². The van der Waals surface area contributed by atoms with Crippen LogP contribution in [-0.4, -0.2) is 41.5 Å². The number of carbonyl (C=O) groups is 1. The lowest BCUT2D eigenvalue weighted by atomic mass is 10.0. The number of hydrogen-bond donors (Lipinski definition) is 0. The van der Waals surface area contributed by atoms with Crippen LogP contribution in [0.15, 0.2) is 30.3 Å². The number of amides is 1. The lowest BCUT2D eigenvalue weighted by Crippen LogP contribution is -2.39. The fourth-order valence-electron chi connectivity index (χ4n) is 2.54. The molecule has 0 N–H and O–H groups in total. The molecule has 27 heavy (non-hydrogen) atoms. The summed E-state index contributed by atoms with van der Waals surface area (Å²) in [4.78, 5) is 14.6. The molecule has 1 amide bonds. The maximum atomic E-state index is 12.8. The molecule has 0 spiro atoms. The van der Waals surface area contributed by atoms with Gasteiger partial charge in [0, 0.05) is 24.7 Å². The average molecular weight is 437 g/mol. The number of rotatable bonds is 3. The van der Waals surface area contributed by atoms with Crippen molar-refractivity contribution in [3.05, 3.63) is 56.5 Å². The molecule has 1 aliphatic rings. The van der Waals surface area contributed by atoms with Gasteiger partial charge in [-0.3, -0.25) is 4.79 Å². The van der Waals surface area contributed by atoms with Crippen LogP contribution in [0.4, 0.5) is 13.2 Å². The standard InChI is InChI=1S/C17H13Cl2F3N2O2S/c18-14-15(27-23-16(14)19)12(9-13(25)24-5-7-26-8-6-24)10-1-3-11(4-2-10)17(20,21)22/h1-4,9H,5-8H2/b12-9-. The van der Waals surface area contributed by atoms with Crippen LogP contribution >= 0.6 is 34.7 Å². The molecule has 1 aliphatic heterocycles. The first-order valence-corrected chi connectivity index (χ1v) is 9.37. The Hall–Kier alpha value is -1.61. The first-order chi connectivity index (χ1) is 12.8. The van der Waals surface area contributed by atoms with E-state index in [4.69, 9.17) is 27.9 Å². The van der Waals surface area contributed by atoms with Gasteiger partial charge in [-0.25, -0.2) is 0 Å². The predicted molar refractivity (Wildman–Crippen MR) is 98.1 cm³/mol. The van der Waals surface area contributed by atoms with E-state index < -0.39 is 11.7 Å². The van der Waals surface area contributed by atoms with E-state index >= 15 is 0 Å². The Bertz CT molecular complexity index is 860. The maximum absolute atomic E-state index is 12.8. The predicted octanol–water partition coefficient (Wildman–Crippen LogP) is 4.76. The monoisotopic (exact) mass is 436 g/mol. The van der Waals surface area contributed by atoms with E-state index in [-0.39, 0.29) is 16.1 Å². The van der Waals surface area contributed by atoms with Crippen LogP contribution in [0.2, 0.25) is 10.2 Å². The van der Waals surface area contributed by atoms with Gasteiger partial charge in [0.15, 0.2) is 5.15 Å². The highest BCUT2D eigenvalue weighted by Gasteiger charge is 2.30. The summed E-state index contributed by atoms with van der Waals surface area (Å²) >= 11 is 13.1. The molecule has 1 aromatic carbocycles. The number of ether oxygens (including phenoxy) is 1. The van der Waals surface area contributed by atoms with Crippen LogP contribution in [0.3, 0.4) is 0 Å². The minimum absolute atomic E-state index is 0.0771. The maximum Gasteiger partial charge on any atom is 0.416 e. The van der Waals surface area contributed by atoms with Crippen LogP contribution in [0.5, 0.6) is 0 Å². The minimum Gasteiger partial charge on any atom is -0.378 e. The van der Waals surface area contributed by atoms with Gasteiger partial charge in [0.25, 0.3) is 0 Å². The highest BCUT2D eigenvalue weighted by Crippen LogP contribution is 2.38. The van der Waals surface area contributed by atoms with E-state index in [0.717, 1.165) is 23.7 Å². The molecule has 3 rings (SSSR count). The van der Waals surface area contributed by atoms with Gasteiger partial charge in [0.1, 0.15) is 0 Å². The van der Waals surface area contributed by atoms with E-state index in [1.165, 1.54) is 18.2 Å². The van der Waals surface area contributed by atoms with Gasteiger partial charge >= 0.3 is 6.18 Å². The molecule has 1 saturated heterocycles. The number of hydrogen-bond acceptors (Lipinski definition) is 4. The van der Waals surface area contributed by atoms with Crippen molar-refractivity contribution >= 4 is 46.2 Å². The summed E-state index contributed by atoms with van der Waals surface area (Å²) in [6.07, 6.45) is -3.10. The van der Waals surface area contributed by atoms with E-state index in [1.54, 1.807) is 4.90 Å². The molecule has 4 nitrogen and oxygen atoms in total. The van der Waals surface area contributed by atoms with Gasteiger partial charge in [-0.15, -0.1) is 0 Å². The lowest BCUT2D eigenvalue weighted by Gasteiger charge is -2.26. The van der Waals surface area contributed by atoms with Crippen molar-refractivity contribution in [2.75, 3.05) is 26.3 Å². The van der Waals surface area contributed by atoms with Crippen LogP contribution in [0.1, 0.15) is 16.0 Å². The Balaban J connectivity index is 2.01. The topological polar surface area (TPSA) is 42.4 Å². The molecule has 2 aromatic rings. The van der Waals surface area contributed by atoms with Gasteiger partial charge in [0.2, 0.25) is 5.91 Å². The minimum atomic E-state index is -4.45. The number of benzene rings is 1. The second-order valence-corrected chi connectivity index (χ2v) is 7.20. The third kappa shape index (κ3) is 4.63. The van der Waals surface area contributed by atoms with E-state index in [9.17, 15) is 18.0 Å². The van der Waals surface area contributed by atoms with Crippen LogP contribution < -0.4 is 0 Å². The second kappa shape index (κ2) is 8.18. The number of halogens is 5. The molecule has 0 saturated carbocycles. The lowest BCUT2D eigenvalue weighted by molar-refractivity contribution is -0.137. The molecule has 0 radical (unpaired) electrons. The van der Waals surface area contributed by atoms with Gasteiger partial charge in [0.05, 0.1) is 28.7 Å². The number of aromatic nitrogens is 1. The first-order valence-electron chi connectivity index (χ1n) is 7.84. The molecule has 0 atom stereocenters. The fraction of sp³-hybridized carbons (Fsp3) is 0.294. The smallest absolute Gasteiger partial charge is 0.378 e. The molecule has 1 fully saturated rings. The van der Waals surface area contributed by atoms with Crippen molar-refractivity contribution in [1.29, 1.82) is 0 Å². The van der Waals surface area contributed by atoms with Crippen molar-refractivity contribution < 1.29 is 22.7 Å². The number of carbonyl (C=O) groups excluding carboxylic acids is 1. The molecule has 2 heterocycles. The number of morpholine rings is 1. The quantitative estimate of drug-likeness (QED) is 0.651.